The molecule has 1 aromatic carbocycles. The van der Waals surface area contributed by atoms with Crippen LogP contribution in [0.2, 0.25) is 25.7 Å². The average Bonchev–Trinajstić information content (AvgIpc) is 2.46. The molecule has 7 heteroatoms. The molecular formula is C17H28ClNO4Si. The highest BCUT2D eigenvalue weighted by atomic mass is 35.5. The quantitative estimate of drug-likeness (QED) is 0.486. The van der Waals surface area contributed by atoms with Crippen molar-refractivity contribution in [3.05, 3.63) is 35.9 Å². The Labute approximate surface area is 151 Å². The predicted molar refractivity (Wildman–Crippen MR) is 100 cm³/mol. The first-order chi connectivity index (χ1) is 10.8. The molecule has 0 aliphatic carbocycles. The van der Waals surface area contributed by atoms with Gasteiger partial charge >= 0.3 is 11.9 Å². The first kappa shape index (κ1) is 22.6. The fourth-order valence-electron chi connectivity index (χ4n) is 1.96. The van der Waals surface area contributed by atoms with Gasteiger partial charge in [-0.15, -0.1) is 12.4 Å². The number of aliphatic carboxylic acids is 1. The Hall–Kier alpha value is -1.37. The molecule has 0 unspecified atom stereocenters. The number of benzene rings is 1. The van der Waals surface area contributed by atoms with Crippen LogP contribution in [0.1, 0.15) is 18.4 Å². The van der Waals surface area contributed by atoms with Crippen molar-refractivity contribution in [1.29, 1.82) is 0 Å². The molecule has 1 aromatic rings. The molecule has 136 valence electrons. The SMILES string of the molecule is C[Si](C)(C)CCOC(=O)CC[C@H](NCc1ccccc1)C(=O)O.Cl. The molecule has 0 radical (unpaired) electrons. The smallest absolute Gasteiger partial charge is 0.320 e. The maximum Gasteiger partial charge on any atom is 0.320 e. The van der Waals surface area contributed by atoms with Gasteiger partial charge in [-0.2, -0.15) is 0 Å². The predicted octanol–water partition coefficient (Wildman–Crippen LogP) is 3.31. The van der Waals surface area contributed by atoms with E-state index in [1.807, 2.05) is 30.3 Å². The molecular weight excluding hydrogens is 346 g/mol. The lowest BCUT2D eigenvalue weighted by molar-refractivity contribution is -0.144. The molecule has 1 atom stereocenters. The van der Waals surface area contributed by atoms with Crippen molar-refractivity contribution in [1.82, 2.24) is 5.32 Å². The number of ether oxygens (including phenoxy) is 1. The minimum Gasteiger partial charge on any atom is -0.480 e. The first-order valence-corrected chi connectivity index (χ1v) is 11.6. The number of carboxylic acids is 1. The Morgan fingerprint density at radius 1 is 1.21 bits per heavy atom. The second-order valence-corrected chi connectivity index (χ2v) is 12.4. The number of carbonyl (C=O) groups is 2. The molecule has 0 aliphatic heterocycles. The zero-order valence-corrected chi connectivity index (χ0v) is 16.4. The lowest BCUT2D eigenvalue weighted by Crippen LogP contribution is -2.36. The van der Waals surface area contributed by atoms with E-state index in [4.69, 9.17) is 4.74 Å². The molecule has 0 heterocycles. The van der Waals surface area contributed by atoms with Crippen molar-refractivity contribution in [2.24, 2.45) is 0 Å². The van der Waals surface area contributed by atoms with Crippen LogP contribution in [0.25, 0.3) is 0 Å². The molecule has 0 spiro atoms. The van der Waals surface area contributed by atoms with E-state index in [2.05, 4.69) is 25.0 Å². The highest BCUT2D eigenvalue weighted by Gasteiger charge is 2.19. The molecule has 2 N–H and O–H groups in total. The molecule has 0 aromatic heterocycles. The van der Waals surface area contributed by atoms with E-state index in [-0.39, 0.29) is 31.2 Å². The Balaban J connectivity index is 0.00000529. The Bertz CT molecular complexity index is 505. The summed E-state index contributed by atoms with van der Waals surface area (Å²) in [5.41, 5.74) is 1.01. The van der Waals surface area contributed by atoms with Gasteiger partial charge in [-0.05, 0) is 18.0 Å². The summed E-state index contributed by atoms with van der Waals surface area (Å²) in [5, 5.41) is 12.2. The number of carboxylic acid groups (broad SMARTS) is 1. The molecule has 0 amide bonds. The largest absolute Gasteiger partial charge is 0.480 e. The lowest BCUT2D eigenvalue weighted by atomic mass is 10.1. The maximum atomic E-state index is 11.7. The van der Waals surface area contributed by atoms with Crippen molar-refractivity contribution in [2.45, 2.75) is 51.1 Å². The third-order valence-corrected chi connectivity index (χ3v) is 5.15. The highest BCUT2D eigenvalue weighted by molar-refractivity contribution is 6.76. The van der Waals surface area contributed by atoms with Crippen LogP contribution in [0.3, 0.4) is 0 Å². The van der Waals surface area contributed by atoms with Gasteiger partial charge in [0, 0.05) is 21.0 Å². The Morgan fingerprint density at radius 3 is 2.38 bits per heavy atom. The summed E-state index contributed by atoms with van der Waals surface area (Å²) in [5.74, 6) is -1.27. The summed E-state index contributed by atoms with van der Waals surface area (Å²) < 4.78 is 5.19. The van der Waals surface area contributed by atoms with Gasteiger partial charge in [-0.3, -0.25) is 9.59 Å². The fourth-order valence-corrected chi connectivity index (χ4v) is 2.67. The third kappa shape index (κ3) is 10.4. The van der Waals surface area contributed by atoms with E-state index in [1.165, 1.54) is 0 Å². The van der Waals surface area contributed by atoms with Crippen LogP contribution in [-0.4, -0.2) is 37.8 Å². The lowest BCUT2D eigenvalue weighted by Gasteiger charge is -2.16. The first-order valence-electron chi connectivity index (χ1n) is 7.94. The van der Waals surface area contributed by atoms with E-state index in [9.17, 15) is 14.7 Å². The Morgan fingerprint density at radius 2 is 1.83 bits per heavy atom. The van der Waals surface area contributed by atoms with Crippen LogP contribution in [0.15, 0.2) is 30.3 Å². The topological polar surface area (TPSA) is 75.6 Å². The molecule has 0 fully saturated rings. The minimum atomic E-state index is -1.22. The molecule has 0 saturated heterocycles. The molecule has 0 aliphatic rings. The van der Waals surface area contributed by atoms with Crippen LogP contribution in [0.5, 0.6) is 0 Å². The van der Waals surface area contributed by atoms with Gasteiger partial charge in [0.05, 0.1) is 6.61 Å². The summed E-state index contributed by atoms with van der Waals surface area (Å²) in [6.45, 7) is 7.55. The van der Waals surface area contributed by atoms with E-state index < -0.39 is 20.1 Å². The summed E-state index contributed by atoms with van der Waals surface area (Å²) in [6, 6.07) is 9.75. The zero-order valence-electron chi connectivity index (χ0n) is 14.6. The van der Waals surface area contributed by atoms with Crippen molar-refractivity contribution in [3.8, 4) is 0 Å². The normalized spacial score (nSPS) is 12.1. The number of esters is 1. The highest BCUT2D eigenvalue weighted by Crippen LogP contribution is 2.09. The molecule has 0 bridgehead atoms. The number of hydrogen-bond acceptors (Lipinski definition) is 4. The molecule has 24 heavy (non-hydrogen) atoms. The fraction of sp³-hybridized carbons (Fsp3) is 0.529. The number of hydrogen-bond donors (Lipinski definition) is 2. The molecule has 5 nitrogen and oxygen atoms in total. The van der Waals surface area contributed by atoms with E-state index >= 15 is 0 Å². The van der Waals surface area contributed by atoms with Gasteiger partial charge < -0.3 is 15.2 Å². The maximum absolute atomic E-state index is 11.7. The number of nitrogens with one attached hydrogen (secondary N) is 1. The van der Waals surface area contributed by atoms with Crippen LogP contribution in [0, 0.1) is 0 Å². The van der Waals surface area contributed by atoms with Gasteiger partial charge in [0.25, 0.3) is 0 Å². The van der Waals surface area contributed by atoms with E-state index in [1.54, 1.807) is 0 Å². The van der Waals surface area contributed by atoms with Crippen LogP contribution >= 0.6 is 12.4 Å². The standard InChI is InChI=1S/C17H27NO4Si.ClH/c1-23(2,3)12-11-22-16(19)10-9-15(17(20)21)18-13-14-7-5-4-6-8-14;/h4-8,15,18H,9-13H2,1-3H3,(H,20,21);1H/t15-;/m0./s1. The summed E-state index contributed by atoms with van der Waals surface area (Å²) in [4.78, 5) is 23.0. The van der Waals surface area contributed by atoms with Gasteiger partial charge in [-0.25, -0.2) is 0 Å². The van der Waals surface area contributed by atoms with Crippen LogP contribution in [-0.2, 0) is 20.9 Å². The zero-order chi connectivity index (χ0) is 17.3. The van der Waals surface area contributed by atoms with Crippen molar-refractivity contribution < 1.29 is 19.4 Å². The van der Waals surface area contributed by atoms with Crippen LogP contribution in [0.4, 0.5) is 0 Å². The van der Waals surface area contributed by atoms with Gasteiger partial charge in [0.15, 0.2) is 0 Å². The summed E-state index contributed by atoms with van der Waals surface area (Å²) in [6.07, 6.45) is 0.346. The number of carbonyl (C=O) groups excluding carboxylic acids is 1. The summed E-state index contributed by atoms with van der Waals surface area (Å²) in [7, 11) is -1.22. The van der Waals surface area contributed by atoms with Crippen LogP contribution < -0.4 is 5.32 Å². The van der Waals surface area contributed by atoms with Gasteiger partial charge in [0.1, 0.15) is 6.04 Å². The van der Waals surface area contributed by atoms with Crippen molar-refractivity contribution in [3.63, 3.8) is 0 Å². The Kier molecular flexibility index (Phi) is 10.6. The third-order valence-electron chi connectivity index (χ3n) is 3.45. The van der Waals surface area contributed by atoms with E-state index in [0.29, 0.717) is 13.2 Å². The average molecular weight is 374 g/mol. The van der Waals surface area contributed by atoms with Gasteiger partial charge in [0.2, 0.25) is 0 Å². The number of halogens is 1. The molecule has 1 rings (SSSR count). The van der Waals surface area contributed by atoms with Crippen molar-refractivity contribution in [2.75, 3.05) is 6.61 Å². The summed E-state index contributed by atoms with van der Waals surface area (Å²) >= 11 is 0. The second-order valence-electron chi connectivity index (χ2n) is 6.83. The second kappa shape index (κ2) is 11.2. The number of rotatable bonds is 10. The molecule has 0 saturated carbocycles. The monoisotopic (exact) mass is 373 g/mol. The van der Waals surface area contributed by atoms with E-state index in [0.717, 1.165) is 11.6 Å². The van der Waals surface area contributed by atoms with Gasteiger partial charge in [-0.1, -0.05) is 50.0 Å². The van der Waals surface area contributed by atoms with Crippen molar-refractivity contribution >= 4 is 32.4 Å². The minimum absolute atomic E-state index is 0.